The number of aromatic nitrogens is 5. The molecule has 0 fully saturated rings. The van der Waals surface area contributed by atoms with E-state index >= 15 is 0 Å². The molecule has 3 aromatic heterocycles. The van der Waals surface area contributed by atoms with Crippen molar-refractivity contribution in [3.8, 4) is 17.0 Å². The molecule has 9 nitrogen and oxygen atoms in total. The lowest BCUT2D eigenvalue weighted by atomic mass is 10.0. The molecule has 0 radical (unpaired) electrons. The topological polar surface area (TPSA) is 99.1 Å². The van der Waals surface area contributed by atoms with E-state index in [1.807, 2.05) is 35.5 Å². The normalized spacial score (nSPS) is 16.6. The smallest absolute Gasteiger partial charge is 0.352 e. The number of carboxylic acids is 1. The number of ether oxygens (including phenoxy) is 1. The monoisotopic (exact) mass is 688 g/mol. The van der Waals surface area contributed by atoms with Gasteiger partial charge < -0.3 is 24.3 Å². The van der Waals surface area contributed by atoms with E-state index in [2.05, 4.69) is 28.1 Å². The number of anilines is 1. The maximum absolute atomic E-state index is 12.8. The minimum absolute atomic E-state index is 0.297. The summed E-state index contributed by atoms with van der Waals surface area (Å²) in [6, 6.07) is 10.5. The van der Waals surface area contributed by atoms with Gasteiger partial charge in [0.05, 0.1) is 39.9 Å². The maximum Gasteiger partial charge on any atom is 0.352 e. The second-order valence-electron chi connectivity index (χ2n) is 12.6. The van der Waals surface area contributed by atoms with Crippen LogP contribution >= 0.6 is 35.1 Å². The van der Waals surface area contributed by atoms with Crippen LogP contribution in [0, 0.1) is 0 Å². The Bertz CT molecular complexity index is 2050. The van der Waals surface area contributed by atoms with Crippen LogP contribution in [0.3, 0.4) is 0 Å². The molecule has 244 valence electrons. The number of imidazole rings is 1. The number of thioether (sulfide) groups is 2. The Labute approximate surface area is 287 Å². The van der Waals surface area contributed by atoms with Crippen molar-refractivity contribution in [2.45, 2.75) is 67.2 Å². The van der Waals surface area contributed by atoms with Crippen molar-refractivity contribution in [2.75, 3.05) is 18.5 Å². The van der Waals surface area contributed by atoms with E-state index < -0.39 is 5.97 Å². The quantitative estimate of drug-likeness (QED) is 0.187. The van der Waals surface area contributed by atoms with Crippen molar-refractivity contribution in [1.82, 2.24) is 23.9 Å². The molecule has 0 unspecified atom stereocenters. The first-order chi connectivity index (χ1) is 22.9. The van der Waals surface area contributed by atoms with Crippen LogP contribution in [0.2, 0.25) is 5.02 Å². The van der Waals surface area contributed by atoms with E-state index in [0.29, 0.717) is 35.9 Å². The molecule has 3 aliphatic heterocycles. The molecule has 6 heterocycles. The maximum atomic E-state index is 12.8. The molecule has 3 aliphatic rings. The van der Waals surface area contributed by atoms with Gasteiger partial charge in [0.1, 0.15) is 17.3 Å². The highest BCUT2D eigenvalue weighted by atomic mass is 35.5. The zero-order chi connectivity index (χ0) is 32.2. The molecular weight excluding hydrogens is 652 g/mol. The molecule has 0 aliphatic carbocycles. The van der Waals surface area contributed by atoms with Gasteiger partial charge in [0.2, 0.25) is 0 Å². The average molecular weight is 689 g/mol. The van der Waals surface area contributed by atoms with Gasteiger partial charge in [0.25, 0.3) is 0 Å². The van der Waals surface area contributed by atoms with Crippen LogP contribution in [0.5, 0.6) is 5.75 Å². The number of hydrogen-bond acceptors (Lipinski definition) is 7. The van der Waals surface area contributed by atoms with Crippen LogP contribution < -0.4 is 10.1 Å². The summed E-state index contributed by atoms with van der Waals surface area (Å²) in [6.45, 7) is 2.27. The number of carbonyl (C=O) groups is 1. The minimum Gasteiger partial charge on any atom is -0.491 e. The number of rotatable bonds is 1. The lowest BCUT2D eigenvalue weighted by molar-refractivity contribution is 0.0685. The standard InChI is InChI=1S/C35H37ClN6O3S2/c1-40-32-25-9-10-26(36)30(32)34-27(38-29-8-4-12-42(29)34)19-46-17-21-15-22(41(2)39-21)18-47-23-14-20-6-3-11-37-31(20)28(16-23)45-13-5-7-24(25)33(40)35(43)44/h9-10,14-16,37H,3-8,11-13,17-19H2,1-2H3,(H,43,44). The summed E-state index contributed by atoms with van der Waals surface area (Å²) in [5, 5.41) is 20.4. The van der Waals surface area contributed by atoms with E-state index in [9.17, 15) is 9.90 Å². The van der Waals surface area contributed by atoms with Crippen LogP contribution in [-0.2, 0) is 57.2 Å². The zero-order valence-electron chi connectivity index (χ0n) is 26.6. The van der Waals surface area contributed by atoms with Crippen LogP contribution in [0.4, 0.5) is 5.69 Å². The largest absolute Gasteiger partial charge is 0.491 e. The molecule has 0 saturated carbocycles. The number of carboxylic acid groups (broad SMARTS) is 1. The van der Waals surface area contributed by atoms with Gasteiger partial charge in [-0.2, -0.15) is 5.10 Å². The molecule has 0 saturated heterocycles. The number of fused-ring (bicyclic) bond motifs is 10. The van der Waals surface area contributed by atoms with Crippen molar-refractivity contribution in [3.63, 3.8) is 0 Å². The summed E-state index contributed by atoms with van der Waals surface area (Å²) in [5.41, 5.74) is 9.41. The Hall–Kier alpha value is -3.54. The Balaban J connectivity index is 1.25. The van der Waals surface area contributed by atoms with Crippen LogP contribution in [0.1, 0.15) is 63.8 Å². The molecule has 2 aromatic carbocycles. The van der Waals surface area contributed by atoms with Gasteiger partial charge in [-0.15, -0.1) is 23.5 Å². The van der Waals surface area contributed by atoms with Crippen molar-refractivity contribution in [3.05, 3.63) is 75.1 Å². The van der Waals surface area contributed by atoms with Gasteiger partial charge in [-0.05, 0) is 67.5 Å². The number of aromatic carboxylic acids is 1. The van der Waals surface area contributed by atoms with E-state index in [0.717, 1.165) is 107 Å². The number of nitrogens with zero attached hydrogens (tertiary/aromatic N) is 5. The number of halogens is 1. The highest BCUT2D eigenvalue weighted by Crippen LogP contribution is 2.43. The third-order valence-corrected chi connectivity index (χ3v) is 11.9. The summed E-state index contributed by atoms with van der Waals surface area (Å²) in [7, 11) is 3.87. The highest BCUT2D eigenvalue weighted by molar-refractivity contribution is 7.98. The molecule has 47 heavy (non-hydrogen) atoms. The van der Waals surface area contributed by atoms with Crippen LogP contribution in [-0.4, -0.2) is 48.1 Å². The number of hydrogen-bond donors (Lipinski definition) is 2. The van der Waals surface area contributed by atoms with Crippen molar-refractivity contribution in [1.29, 1.82) is 0 Å². The second-order valence-corrected chi connectivity index (χ2v) is 15.0. The Morgan fingerprint density at radius 3 is 2.83 bits per heavy atom. The van der Waals surface area contributed by atoms with Crippen molar-refractivity contribution >= 4 is 57.7 Å². The lowest BCUT2D eigenvalue weighted by Crippen LogP contribution is -2.14. The predicted octanol–water partition coefficient (Wildman–Crippen LogP) is 7.48. The van der Waals surface area contributed by atoms with Gasteiger partial charge in [-0.25, -0.2) is 9.78 Å². The minimum atomic E-state index is -0.942. The van der Waals surface area contributed by atoms with E-state index in [-0.39, 0.29) is 0 Å². The SMILES string of the molecule is Cn1nc2cc1CSc1cc3c(c(c1)OCCCc1c(C(=O)O)n(C)c4c(c(Cl)ccc14)-c1c(nc4n1CCC4)CSC2)NCCC3. The molecule has 0 atom stereocenters. The Morgan fingerprint density at radius 1 is 1.06 bits per heavy atom. The fourth-order valence-electron chi connectivity index (χ4n) is 7.46. The Morgan fingerprint density at radius 2 is 1.96 bits per heavy atom. The third-order valence-electron chi connectivity index (χ3n) is 9.56. The molecule has 2 N–H and O–H groups in total. The van der Waals surface area contributed by atoms with Crippen LogP contribution in [0.15, 0.2) is 35.2 Å². The summed E-state index contributed by atoms with van der Waals surface area (Å²) >= 11 is 10.7. The molecule has 5 aromatic rings. The predicted molar refractivity (Wildman–Crippen MR) is 189 cm³/mol. The van der Waals surface area contributed by atoms with Gasteiger partial charge in [-0.1, -0.05) is 17.7 Å². The van der Waals surface area contributed by atoms with Gasteiger partial charge in [0.15, 0.2) is 0 Å². The highest BCUT2D eigenvalue weighted by Gasteiger charge is 2.29. The first-order valence-electron chi connectivity index (χ1n) is 16.2. The van der Waals surface area contributed by atoms with E-state index in [1.165, 1.54) is 16.2 Å². The van der Waals surface area contributed by atoms with Crippen molar-refractivity contribution < 1.29 is 14.6 Å². The van der Waals surface area contributed by atoms with E-state index in [1.54, 1.807) is 23.5 Å². The summed E-state index contributed by atoms with van der Waals surface area (Å²) < 4.78 is 12.6. The van der Waals surface area contributed by atoms with Crippen LogP contribution in [0.25, 0.3) is 22.2 Å². The molecule has 12 heteroatoms. The summed E-state index contributed by atoms with van der Waals surface area (Å²) in [5.74, 6) is 3.27. The van der Waals surface area contributed by atoms with Crippen molar-refractivity contribution in [2.24, 2.45) is 14.1 Å². The number of aryl methyl sites for hydroxylation is 5. The van der Waals surface area contributed by atoms with Gasteiger partial charge >= 0.3 is 5.97 Å². The third kappa shape index (κ3) is 5.50. The summed E-state index contributed by atoms with van der Waals surface area (Å²) in [6.07, 6.45) is 5.31. The Kier molecular flexibility index (Phi) is 8.17. The van der Waals surface area contributed by atoms with Gasteiger partial charge in [-0.3, -0.25) is 4.68 Å². The van der Waals surface area contributed by atoms with Gasteiger partial charge in [0, 0.05) is 72.4 Å². The van der Waals surface area contributed by atoms with E-state index in [4.69, 9.17) is 26.4 Å². The average Bonchev–Trinajstić information content (AvgIpc) is 3.80. The first-order valence-corrected chi connectivity index (χ1v) is 18.8. The second kappa shape index (κ2) is 12.5. The fraction of sp³-hybridized carbons (Fsp3) is 0.400. The molecule has 8 bridgehead atoms. The number of benzene rings is 2. The lowest BCUT2D eigenvalue weighted by Gasteiger charge is -2.22. The summed E-state index contributed by atoms with van der Waals surface area (Å²) in [4.78, 5) is 19.1. The zero-order valence-corrected chi connectivity index (χ0v) is 29.0. The fourth-order valence-corrected chi connectivity index (χ4v) is 9.55. The first kappa shape index (κ1) is 30.8. The molecule has 0 spiro atoms. The molecule has 0 amide bonds. The molecular formula is C35H37ClN6O3S2. The molecule has 8 rings (SSSR count). The number of nitrogens with one attached hydrogen (secondary N) is 1.